The number of nitrogen functional groups attached to an aromatic ring is 1. The van der Waals surface area contributed by atoms with Crippen LogP contribution in [-0.4, -0.2) is 46.3 Å². The van der Waals surface area contributed by atoms with Gasteiger partial charge in [0.05, 0.1) is 0 Å². The van der Waals surface area contributed by atoms with Gasteiger partial charge in [-0.2, -0.15) is 15.0 Å². The molecule has 0 aliphatic rings. The fourth-order valence-corrected chi connectivity index (χ4v) is 1.59. The summed E-state index contributed by atoms with van der Waals surface area (Å²) in [7, 11) is 0. The summed E-state index contributed by atoms with van der Waals surface area (Å²) in [6.45, 7) is 6.60. The van der Waals surface area contributed by atoms with Crippen molar-refractivity contribution in [1.29, 1.82) is 0 Å². The molecule has 0 aromatic carbocycles. The molecule has 108 valence electrons. The molecule has 1 heterocycles. The molecule has 0 aliphatic carbocycles. The number of aliphatic hydroxyl groups is 1. The van der Waals surface area contributed by atoms with Crippen molar-refractivity contribution in [2.45, 2.75) is 26.7 Å². The van der Waals surface area contributed by atoms with Gasteiger partial charge in [0, 0.05) is 26.2 Å². The number of hydrazine groups is 1. The van der Waals surface area contributed by atoms with Gasteiger partial charge in [0.25, 0.3) is 0 Å². The first-order valence-electron chi connectivity index (χ1n) is 6.57. The minimum absolute atomic E-state index is 0.194. The van der Waals surface area contributed by atoms with Crippen LogP contribution >= 0.6 is 0 Å². The van der Waals surface area contributed by atoms with Gasteiger partial charge in [-0.15, -0.1) is 0 Å². The third-order valence-corrected chi connectivity index (χ3v) is 2.67. The molecule has 5 N–H and O–H groups in total. The average Bonchev–Trinajstić information content (AvgIpc) is 2.45. The van der Waals surface area contributed by atoms with Gasteiger partial charge in [0.1, 0.15) is 0 Å². The van der Waals surface area contributed by atoms with Crippen molar-refractivity contribution in [3.8, 4) is 0 Å². The predicted molar refractivity (Wildman–Crippen MR) is 76.0 cm³/mol. The lowest BCUT2D eigenvalue weighted by Gasteiger charge is -2.19. The fourth-order valence-electron chi connectivity index (χ4n) is 1.59. The average molecular weight is 269 g/mol. The minimum atomic E-state index is 0.194. The summed E-state index contributed by atoms with van der Waals surface area (Å²) in [6, 6.07) is 0. The summed E-state index contributed by atoms with van der Waals surface area (Å²) < 4.78 is 0. The van der Waals surface area contributed by atoms with E-state index in [0.717, 1.165) is 25.9 Å². The largest absolute Gasteiger partial charge is 0.396 e. The van der Waals surface area contributed by atoms with Crippen LogP contribution in [0.3, 0.4) is 0 Å². The lowest BCUT2D eigenvalue weighted by Crippen LogP contribution is -2.26. The molecule has 8 heteroatoms. The summed E-state index contributed by atoms with van der Waals surface area (Å²) in [5, 5.41) is 11.8. The third-order valence-electron chi connectivity index (χ3n) is 2.67. The van der Waals surface area contributed by atoms with Gasteiger partial charge in [-0.25, -0.2) is 5.84 Å². The molecule has 1 rings (SSSR count). The zero-order valence-corrected chi connectivity index (χ0v) is 11.6. The van der Waals surface area contributed by atoms with E-state index in [2.05, 4.69) is 25.7 Å². The Bertz CT molecular complexity index is 370. The molecular formula is C11H23N7O. The van der Waals surface area contributed by atoms with E-state index < -0.39 is 0 Å². The molecule has 0 fully saturated rings. The van der Waals surface area contributed by atoms with Crippen LogP contribution in [0.15, 0.2) is 0 Å². The first kappa shape index (κ1) is 15.4. The molecule has 0 saturated carbocycles. The van der Waals surface area contributed by atoms with Crippen LogP contribution in [0.1, 0.15) is 26.7 Å². The van der Waals surface area contributed by atoms with Gasteiger partial charge in [-0.3, -0.25) is 5.43 Å². The molecule has 0 spiro atoms. The highest BCUT2D eigenvalue weighted by Crippen LogP contribution is 2.12. The van der Waals surface area contributed by atoms with Gasteiger partial charge in [0.2, 0.25) is 17.8 Å². The van der Waals surface area contributed by atoms with Crippen LogP contribution in [0.2, 0.25) is 0 Å². The Hall–Kier alpha value is -1.67. The molecule has 0 aliphatic heterocycles. The molecule has 19 heavy (non-hydrogen) atoms. The standard InChI is InChI=1S/C11H23N7O/c1-3-18(4-2)11-15-9(13-7-5-6-8-19)14-10(16-11)17-12/h19H,3-8,12H2,1-2H3,(H2,13,14,15,16,17). The summed E-state index contributed by atoms with van der Waals surface area (Å²) in [5.41, 5.74) is 2.44. The fraction of sp³-hybridized carbons (Fsp3) is 0.727. The lowest BCUT2D eigenvalue weighted by atomic mass is 10.3. The van der Waals surface area contributed by atoms with Crippen LogP contribution in [-0.2, 0) is 0 Å². The normalized spacial score (nSPS) is 10.3. The van der Waals surface area contributed by atoms with Crippen molar-refractivity contribution in [3.05, 3.63) is 0 Å². The highest BCUT2D eigenvalue weighted by molar-refractivity contribution is 5.43. The molecule has 8 nitrogen and oxygen atoms in total. The Morgan fingerprint density at radius 2 is 1.79 bits per heavy atom. The number of hydrogen-bond donors (Lipinski definition) is 4. The first-order chi connectivity index (χ1) is 9.24. The maximum Gasteiger partial charge on any atom is 0.243 e. The SMILES string of the molecule is CCN(CC)c1nc(NN)nc(NCCCCO)n1. The number of hydrogen-bond acceptors (Lipinski definition) is 8. The first-order valence-corrected chi connectivity index (χ1v) is 6.57. The molecule has 0 atom stereocenters. The number of rotatable bonds is 9. The van der Waals surface area contributed by atoms with E-state index in [9.17, 15) is 0 Å². The number of nitrogens with two attached hydrogens (primary N) is 1. The van der Waals surface area contributed by atoms with Crippen molar-refractivity contribution in [2.75, 3.05) is 41.9 Å². The number of aliphatic hydroxyl groups excluding tert-OH is 1. The van der Waals surface area contributed by atoms with Gasteiger partial charge < -0.3 is 15.3 Å². The number of anilines is 3. The summed E-state index contributed by atoms with van der Waals surface area (Å²) in [6.07, 6.45) is 1.61. The Morgan fingerprint density at radius 3 is 2.37 bits per heavy atom. The summed E-state index contributed by atoms with van der Waals surface area (Å²) in [5.74, 6) is 6.78. The van der Waals surface area contributed by atoms with E-state index in [1.165, 1.54) is 0 Å². The topological polar surface area (TPSA) is 112 Å². The van der Waals surface area contributed by atoms with Crippen LogP contribution in [0.4, 0.5) is 17.8 Å². The second-order valence-corrected chi connectivity index (χ2v) is 3.96. The van der Waals surface area contributed by atoms with Crippen LogP contribution in [0.5, 0.6) is 0 Å². The lowest BCUT2D eigenvalue weighted by molar-refractivity contribution is 0.286. The van der Waals surface area contributed by atoms with E-state index in [1.54, 1.807) is 0 Å². The highest BCUT2D eigenvalue weighted by atomic mass is 16.2. The van der Waals surface area contributed by atoms with Crippen LogP contribution in [0, 0.1) is 0 Å². The molecule has 0 bridgehead atoms. The Morgan fingerprint density at radius 1 is 1.11 bits per heavy atom. The molecular weight excluding hydrogens is 246 g/mol. The Labute approximate surface area is 113 Å². The maximum absolute atomic E-state index is 8.72. The van der Waals surface area contributed by atoms with E-state index in [0.29, 0.717) is 24.4 Å². The zero-order chi connectivity index (χ0) is 14.1. The number of nitrogens with one attached hydrogen (secondary N) is 2. The maximum atomic E-state index is 8.72. The van der Waals surface area contributed by atoms with Crippen molar-refractivity contribution in [2.24, 2.45) is 5.84 Å². The van der Waals surface area contributed by atoms with E-state index in [1.807, 2.05) is 18.7 Å². The van der Waals surface area contributed by atoms with E-state index in [-0.39, 0.29) is 6.61 Å². The van der Waals surface area contributed by atoms with Crippen molar-refractivity contribution >= 4 is 17.8 Å². The van der Waals surface area contributed by atoms with Gasteiger partial charge in [-0.05, 0) is 26.7 Å². The van der Waals surface area contributed by atoms with Crippen molar-refractivity contribution in [3.63, 3.8) is 0 Å². The number of unbranched alkanes of at least 4 members (excludes halogenated alkanes) is 1. The monoisotopic (exact) mass is 269 g/mol. The van der Waals surface area contributed by atoms with Crippen molar-refractivity contribution in [1.82, 2.24) is 15.0 Å². The molecule has 0 radical (unpaired) electrons. The molecule has 0 unspecified atom stereocenters. The zero-order valence-electron chi connectivity index (χ0n) is 11.6. The third kappa shape index (κ3) is 4.84. The number of aromatic nitrogens is 3. The Kier molecular flexibility index (Phi) is 6.83. The van der Waals surface area contributed by atoms with Crippen LogP contribution < -0.4 is 21.5 Å². The van der Waals surface area contributed by atoms with Crippen LogP contribution in [0.25, 0.3) is 0 Å². The summed E-state index contributed by atoms with van der Waals surface area (Å²) >= 11 is 0. The van der Waals surface area contributed by atoms with Gasteiger partial charge in [0.15, 0.2) is 0 Å². The second kappa shape index (κ2) is 8.44. The van der Waals surface area contributed by atoms with Crippen molar-refractivity contribution < 1.29 is 5.11 Å². The van der Waals surface area contributed by atoms with E-state index in [4.69, 9.17) is 10.9 Å². The molecule has 0 saturated heterocycles. The van der Waals surface area contributed by atoms with E-state index >= 15 is 0 Å². The van der Waals surface area contributed by atoms with Gasteiger partial charge >= 0.3 is 0 Å². The smallest absolute Gasteiger partial charge is 0.243 e. The highest BCUT2D eigenvalue weighted by Gasteiger charge is 2.10. The predicted octanol–water partition coefficient (Wildman–Crippen LogP) is 0.188. The summed E-state index contributed by atoms with van der Waals surface area (Å²) in [4.78, 5) is 14.7. The Balaban J connectivity index is 2.77. The second-order valence-electron chi connectivity index (χ2n) is 3.96. The number of nitrogens with zero attached hydrogens (tertiary/aromatic N) is 4. The molecule has 1 aromatic rings. The molecule has 1 aromatic heterocycles. The molecule has 0 amide bonds. The minimum Gasteiger partial charge on any atom is -0.396 e. The quantitative estimate of drug-likeness (QED) is 0.285. The van der Waals surface area contributed by atoms with Gasteiger partial charge in [-0.1, -0.05) is 0 Å².